The molecule has 3 heterocycles. The Morgan fingerprint density at radius 2 is 1.30 bits per heavy atom. The molecule has 0 bridgehead atoms. The Balaban J connectivity index is 1.11. The third kappa shape index (κ3) is 6.27. The van der Waals surface area contributed by atoms with Crippen molar-refractivity contribution in [1.29, 1.82) is 0 Å². The maximum atomic E-state index is 13.3. The maximum absolute atomic E-state index is 13.3. The molecule has 222 valence electrons. The molecule has 7 heteroatoms. The first-order valence-corrected chi connectivity index (χ1v) is 15.4. The number of anilines is 2. The van der Waals surface area contributed by atoms with E-state index in [4.69, 9.17) is 4.74 Å². The zero-order valence-electron chi connectivity index (χ0n) is 25.4. The molecule has 4 aromatic rings. The first-order chi connectivity index (χ1) is 20.9. The van der Waals surface area contributed by atoms with E-state index in [0.29, 0.717) is 11.6 Å². The van der Waals surface area contributed by atoms with Gasteiger partial charge in [-0.1, -0.05) is 36.4 Å². The molecule has 3 aromatic carbocycles. The molecule has 2 fully saturated rings. The topological polar surface area (TPSA) is 61.8 Å². The molecule has 7 nitrogen and oxygen atoms in total. The number of hydrogen-bond acceptors (Lipinski definition) is 6. The van der Waals surface area contributed by atoms with Gasteiger partial charge in [-0.15, -0.1) is 0 Å². The van der Waals surface area contributed by atoms with Gasteiger partial charge >= 0.3 is 0 Å². The molecule has 1 amide bonds. The highest BCUT2D eigenvalue weighted by Gasteiger charge is 2.40. The van der Waals surface area contributed by atoms with Crippen molar-refractivity contribution in [2.24, 2.45) is 0 Å². The summed E-state index contributed by atoms with van der Waals surface area (Å²) in [6, 6.07) is 29.5. The van der Waals surface area contributed by atoms with Crippen LogP contribution in [-0.2, 0) is 0 Å². The molecule has 0 radical (unpaired) electrons. The second kappa shape index (κ2) is 12.6. The van der Waals surface area contributed by atoms with Crippen LogP contribution in [0.4, 0.5) is 11.4 Å². The van der Waals surface area contributed by atoms with E-state index in [1.165, 1.54) is 17.7 Å². The monoisotopic (exact) mass is 575 g/mol. The molecule has 2 saturated heterocycles. The number of piperidine rings is 2. The van der Waals surface area contributed by atoms with Gasteiger partial charge in [0.2, 0.25) is 0 Å². The van der Waals surface area contributed by atoms with Gasteiger partial charge in [0.25, 0.3) is 5.91 Å². The van der Waals surface area contributed by atoms with E-state index < -0.39 is 0 Å². The Bertz CT molecular complexity index is 1490. The Labute approximate surface area is 255 Å². The lowest BCUT2D eigenvalue weighted by atomic mass is 9.85. The summed E-state index contributed by atoms with van der Waals surface area (Å²) < 4.78 is 6.06. The van der Waals surface area contributed by atoms with Crippen LogP contribution >= 0.6 is 0 Å². The number of aromatic nitrogens is 2. The number of ether oxygens (including phenoxy) is 1. The van der Waals surface area contributed by atoms with E-state index in [1.54, 1.807) is 0 Å². The molecular weight excluding hydrogens is 534 g/mol. The van der Waals surface area contributed by atoms with Crippen molar-refractivity contribution in [1.82, 2.24) is 19.8 Å². The summed E-state index contributed by atoms with van der Waals surface area (Å²) in [4.78, 5) is 29.1. The fourth-order valence-corrected chi connectivity index (χ4v) is 6.69. The fourth-order valence-electron chi connectivity index (χ4n) is 6.69. The lowest BCUT2D eigenvalue weighted by Gasteiger charge is -2.50. The largest absolute Gasteiger partial charge is 0.457 e. The Hall–Kier alpha value is -4.23. The number of aryl methyl sites for hydroxylation is 2. The average Bonchev–Trinajstić information content (AvgIpc) is 3.03. The number of rotatable bonds is 7. The molecule has 0 unspecified atom stereocenters. The summed E-state index contributed by atoms with van der Waals surface area (Å²) in [5.74, 6) is 1.74. The van der Waals surface area contributed by atoms with Crippen molar-refractivity contribution in [3.63, 3.8) is 0 Å². The lowest BCUT2D eigenvalue weighted by Crippen LogP contribution is -2.58. The van der Waals surface area contributed by atoms with Gasteiger partial charge in [-0.25, -0.2) is 9.97 Å². The highest BCUT2D eigenvalue weighted by atomic mass is 16.5. The normalized spacial score (nSPS) is 17.4. The number of likely N-dealkylation sites (tertiary alicyclic amines) is 2. The van der Waals surface area contributed by atoms with Gasteiger partial charge in [0.15, 0.2) is 0 Å². The minimum Gasteiger partial charge on any atom is -0.457 e. The summed E-state index contributed by atoms with van der Waals surface area (Å²) in [6.07, 6.45) is 5.64. The minimum absolute atomic E-state index is 0.0649. The van der Waals surface area contributed by atoms with Crippen LogP contribution in [-0.4, -0.2) is 63.4 Å². The van der Waals surface area contributed by atoms with E-state index in [2.05, 4.69) is 81.3 Å². The predicted octanol–water partition coefficient (Wildman–Crippen LogP) is 7.18. The number of hydrogen-bond donors (Lipinski definition) is 0. The summed E-state index contributed by atoms with van der Waals surface area (Å²) in [5.41, 5.74) is 4.66. The molecule has 0 saturated carbocycles. The first kappa shape index (κ1) is 28.9. The maximum Gasteiger partial charge on any atom is 0.257 e. The second-order valence-electron chi connectivity index (χ2n) is 12.0. The van der Waals surface area contributed by atoms with E-state index in [0.717, 1.165) is 74.7 Å². The smallest absolute Gasteiger partial charge is 0.257 e. The molecule has 43 heavy (non-hydrogen) atoms. The van der Waals surface area contributed by atoms with E-state index in [1.807, 2.05) is 49.1 Å². The third-order valence-electron chi connectivity index (χ3n) is 9.29. The van der Waals surface area contributed by atoms with E-state index in [9.17, 15) is 4.79 Å². The van der Waals surface area contributed by atoms with E-state index >= 15 is 0 Å². The van der Waals surface area contributed by atoms with Gasteiger partial charge in [0.1, 0.15) is 17.8 Å². The van der Waals surface area contributed by atoms with Crippen LogP contribution in [0.2, 0.25) is 0 Å². The van der Waals surface area contributed by atoms with Crippen LogP contribution < -0.4 is 9.64 Å². The molecule has 2 aliphatic rings. The van der Waals surface area contributed by atoms with Gasteiger partial charge in [0.05, 0.1) is 17.0 Å². The van der Waals surface area contributed by atoms with Crippen LogP contribution in [0.5, 0.6) is 11.5 Å². The molecule has 0 atom stereocenters. The summed E-state index contributed by atoms with van der Waals surface area (Å²) >= 11 is 0. The summed E-state index contributed by atoms with van der Waals surface area (Å²) in [7, 11) is 0. The van der Waals surface area contributed by atoms with Crippen LogP contribution in [0.1, 0.15) is 54.4 Å². The lowest BCUT2D eigenvalue weighted by molar-refractivity contribution is 0.0176. The molecule has 6 rings (SSSR count). The second-order valence-corrected chi connectivity index (χ2v) is 12.0. The van der Waals surface area contributed by atoms with Gasteiger partial charge in [0, 0.05) is 49.1 Å². The van der Waals surface area contributed by atoms with Crippen molar-refractivity contribution in [3.8, 4) is 11.5 Å². The number of benzene rings is 3. The molecular formula is C36H41N5O2. The van der Waals surface area contributed by atoms with Crippen molar-refractivity contribution in [2.45, 2.75) is 58.0 Å². The van der Waals surface area contributed by atoms with Crippen LogP contribution in [0.3, 0.4) is 0 Å². The van der Waals surface area contributed by atoms with Gasteiger partial charge in [-0.2, -0.15) is 0 Å². The fraction of sp³-hybridized carbons (Fsp3) is 0.361. The zero-order valence-corrected chi connectivity index (χ0v) is 25.4. The van der Waals surface area contributed by atoms with Crippen molar-refractivity contribution in [2.75, 3.05) is 31.1 Å². The highest BCUT2D eigenvalue weighted by Crippen LogP contribution is 2.37. The minimum atomic E-state index is 0.0649. The Morgan fingerprint density at radius 3 is 1.91 bits per heavy atom. The van der Waals surface area contributed by atoms with Gasteiger partial charge < -0.3 is 14.5 Å². The first-order valence-electron chi connectivity index (χ1n) is 15.4. The predicted molar refractivity (Wildman–Crippen MR) is 171 cm³/mol. The summed E-state index contributed by atoms with van der Waals surface area (Å²) in [5, 5.41) is 0. The average molecular weight is 576 g/mol. The molecule has 0 N–H and O–H groups in total. The van der Waals surface area contributed by atoms with Crippen molar-refractivity contribution < 1.29 is 9.53 Å². The number of amides is 1. The number of carbonyl (C=O) groups is 1. The molecule has 0 aliphatic carbocycles. The van der Waals surface area contributed by atoms with Crippen molar-refractivity contribution >= 4 is 17.3 Å². The standard InChI is InChI=1S/C36H41N5O2/c1-27-34(28(2)38-26-37-27)35(42)39-24-20-36(3,21-25-39)40-22-18-31(19-23-40)41(29-10-6-4-7-11-29)30-14-16-33(17-15-30)43-32-12-8-5-9-13-32/h4-17,26,31H,18-25H2,1-3H3. The molecule has 2 aliphatic heterocycles. The zero-order chi connectivity index (χ0) is 29.8. The molecule has 0 spiro atoms. The van der Waals surface area contributed by atoms with Gasteiger partial charge in [-0.3, -0.25) is 9.69 Å². The van der Waals surface area contributed by atoms with Crippen LogP contribution in [0.15, 0.2) is 91.3 Å². The SMILES string of the molecule is Cc1ncnc(C)c1C(=O)N1CCC(C)(N2CCC(N(c3ccccc3)c3ccc(Oc4ccccc4)cc3)CC2)CC1. The molecule has 1 aromatic heterocycles. The van der Waals surface area contributed by atoms with Crippen LogP contribution in [0.25, 0.3) is 0 Å². The Morgan fingerprint density at radius 1 is 0.767 bits per heavy atom. The third-order valence-corrected chi connectivity index (χ3v) is 9.29. The summed E-state index contributed by atoms with van der Waals surface area (Å²) in [6.45, 7) is 9.78. The quantitative estimate of drug-likeness (QED) is 0.233. The highest BCUT2D eigenvalue weighted by molar-refractivity contribution is 5.96. The number of para-hydroxylation sites is 2. The number of nitrogens with zero attached hydrogens (tertiary/aromatic N) is 5. The van der Waals surface area contributed by atoms with Gasteiger partial charge in [-0.05, 0) is 95.0 Å². The van der Waals surface area contributed by atoms with E-state index in [-0.39, 0.29) is 11.4 Å². The number of carbonyl (C=O) groups excluding carboxylic acids is 1. The van der Waals surface area contributed by atoms with Crippen molar-refractivity contribution in [3.05, 3.63) is 108 Å². The Kier molecular flexibility index (Phi) is 8.43. The van der Waals surface area contributed by atoms with Crippen LogP contribution in [0, 0.1) is 13.8 Å².